The number of hydrogen-bond acceptors (Lipinski definition) is 7. The van der Waals surface area contributed by atoms with Crippen LogP contribution in [0.3, 0.4) is 0 Å². The predicted octanol–water partition coefficient (Wildman–Crippen LogP) is 27.5. The third-order valence-corrected chi connectivity index (χ3v) is 40.1. The van der Waals surface area contributed by atoms with E-state index in [4.69, 9.17) is 18.9 Å². The number of rotatable bonds is 27. The summed E-state index contributed by atoms with van der Waals surface area (Å²) < 4.78 is 23.0. The van der Waals surface area contributed by atoms with Crippen molar-refractivity contribution in [1.82, 2.24) is 9.80 Å². The van der Waals surface area contributed by atoms with Crippen LogP contribution in [0, 0.1) is 95.8 Å². The average molecular weight is 1930 g/mol. The van der Waals surface area contributed by atoms with E-state index in [9.17, 15) is 5.11 Å². The minimum atomic E-state index is -0.786. The van der Waals surface area contributed by atoms with Crippen molar-refractivity contribution in [2.45, 2.75) is 249 Å². The first kappa shape index (κ1) is 109. The fourth-order valence-corrected chi connectivity index (χ4v) is 34.2. The van der Waals surface area contributed by atoms with Gasteiger partial charge in [-0.3, -0.25) is 0 Å². The molecule has 0 amide bonds. The molecule has 0 heterocycles. The first-order valence-electron chi connectivity index (χ1n) is 48.6. The summed E-state index contributed by atoms with van der Waals surface area (Å²) in [6.07, 6.45) is 20.8. The average Bonchev–Trinajstić information content (AvgIpc) is 1.52. The molecular weight excluding hydrogens is 1770 g/mol. The third kappa shape index (κ3) is 28.1. The molecular formula is C119H158Fe2N2O5P4. The molecule has 4 aliphatic carbocycles. The SMILES string of the molecule is C1CCCC1.COc1c(C)cc(P(c2cc(C)c(OC)c(C)c2)C2CCCC2[C@@H](c2ccccc2)N(C)C)cc1C.COc1c(C)cc(P(c2cc(C)c(OC)c(C)c2)C2CCCC2[C@@H](c2ccccc2)N(C)C)cc1C.C[C@H](CC[C@@H](C)C(C)(C)C)C(C)(C)C.O[C@@H](c1ccccc1P(c1ccccc1)c1ccccc1)C1CCCC1P(c1ccccc1)c1ccccc1.[Fe].[Fe]. The van der Waals surface area contributed by atoms with Crippen LogP contribution in [-0.2, 0) is 34.1 Å². The summed E-state index contributed by atoms with van der Waals surface area (Å²) in [6, 6.07) is 94.6. The molecule has 11 aromatic rings. The smallest absolute Gasteiger partial charge is 0.124 e. The Morgan fingerprint density at radius 2 is 0.545 bits per heavy atom. The van der Waals surface area contributed by atoms with Gasteiger partial charge in [0.1, 0.15) is 23.0 Å². The van der Waals surface area contributed by atoms with Crippen LogP contribution < -0.4 is 66.7 Å². The topological polar surface area (TPSA) is 63.6 Å². The van der Waals surface area contributed by atoms with Crippen LogP contribution in [-0.4, -0.2) is 88.5 Å². The van der Waals surface area contributed by atoms with Crippen LogP contribution in [0.5, 0.6) is 23.0 Å². The molecule has 0 saturated heterocycles. The number of hydrogen-bond donors (Lipinski definition) is 1. The Bertz CT molecular complexity index is 4770. The Balaban J connectivity index is 0.000000201. The fourth-order valence-electron chi connectivity index (χ4n) is 21.5. The second-order valence-corrected chi connectivity index (χ2v) is 49.7. The minimum Gasteiger partial charge on any atom is -0.496 e. The molecule has 11 atom stereocenters. The van der Waals surface area contributed by atoms with Crippen molar-refractivity contribution in [1.29, 1.82) is 0 Å². The first-order chi connectivity index (χ1) is 62.4. The normalized spacial score (nSPS) is 18.3. The molecule has 7 nitrogen and oxygen atoms in total. The van der Waals surface area contributed by atoms with Gasteiger partial charge >= 0.3 is 0 Å². The largest absolute Gasteiger partial charge is 0.496 e. The predicted molar refractivity (Wildman–Crippen MR) is 570 cm³/mol. The summed E-state index contributed by atoms with van der Waals surface area (Å²) in [7, 11) is 13.6. The summed E-state index contributed by atoms with van der Waals surface area (Å²) >= 11 is 0. The van der Waals surface area contributed by atoms with Crippen LogP contribution in [0.25, 0.3) is 0 Å². The molecule has 13 heteroatoms. The molecule has 0 aromatic heterocycles. The van der Waals surface area contributed by atoms with E-state index in [1.165, 1.54) is 193 Å². The van der Waals surface area contributed by atoms with Crippen molar-refractivity contribution in [3.63, 3.8) is 0 Å². The van der Waals surface area contributed by atoms with E-state index in [2.05, 4.69) is 404 Å². The zero-order valence-corrected chi connectivity index (χ0v) is 90.2. The van der Waals surface area contributed by atoms with Gasteiger partial charge in [0, 0.05) is 46.2 Å². The van der Waals surface area contributed by atoms with Crippen LogP contribution in [0.15, 0.2) is 255 Å². The van der Waals surface area contributed by atoms with Crippen LogP contribution >= 0.6 is 31.7 Å². The maximum absolute atomic E-state index is 12.3. The summed E-state index contributed by atoms with van der Waals surface area (Å²) in [5, 5.41) is 24.9. The maximum atomic E-state index is 12.3. The third-order valence-electron chi connectivity index (χ3n) is 28.7. The van der Waals surface area contributed by atoms with E-state index in [-0.39, 0.29) is 40.1 Å². The van der Waals surface area contributed by atoms with Gasteiger partial charge in [0.25, 0.3) is 0 Å². The van der Waals surface area contributed by atoms with Crippen molar-refractivity contribution in [3.05, 3.63) is 316 Å². The molecule has 132 heavy (non-hydrogen) atoms. The fraction of sp³-hybridized carbons (Fsp3) is 0.445. The molecule has 710 valence electrons. The van der Waals surface area contributed by atoms with Gasteiger partial charge in [-0.2, -0.15) is 0 Å². The first-order valence-corrected chi connectivity index (χ1v) is 54.1. The van der Waals surface area contributed by atoms with E-state index >= 15 is 0 Å². The molecule has 4 fully saturated rings. The molecule has 6 unspecified atom stereocenters. The molecule has 0 radical (unpaired) electrons. The molecule has 0 aliphatic heterocycles. The number of aliphatic hydroxyl groups excluding tert-OH is 1. The van der Waals surface area contributed by atoms with Crippen molar-refractivity contribution in [3.8, 4) is 23.0 Å². The van der Waals surface area contributed by atoms with Gasteiger partial charge < -0.3 is 33.9 Å². The standard InChI is InChI=1S/C36H34OP2.2C32H42NO2P.C14H30.C5H10.2Fe/c37-36(33-25-15-27-35(33)39(30-20-9-3-10-21-30)31-22-11-4-12-23-31)32-24-13-14-26-34(32)38(28-16-5-1-6-17-28)29-18-7-2-8-19-29;2*1-21-17-26(18-22(2)31(21)34-7)36(27-19-23(3)32(35-8)24(4)20-27)29-16-12-15-28(29)30(33(5)6)25-13-10-9-11-14-25;1-11(13(3,4)5)9-10-12(2)14(6,7)8;1-2-4-5-3-1;;/h1-14,16-24,26,33,35-37H,15,25,27H2;2*9-11,13-14,17-20,28-30H,12,15-16H2,1-8H3;11-12H,9-10H2,1-8H3;1-5H2;;/t33?,35?,36-;2*28?,29?,30-;11-,12-;;;/m0111.../s1. The van der Waals surface area contributed by atoms with Gasteiger partial charge in [0.05, 0.1) is 34.5 Å². The number of aliphatic hydroxyl groups is 1. The van der Waals surface area contributed by atoms with E-state index in [1.54, 1.807) is 28.4 Å². The van der Waals surface area contributed by atoms with Crippen molar-refractivity contribution in [2.75, 3.05) is 56.6 Å². The van der Waals surface area contributed by atoms with Gasteiger partial charge in [0.15, 0.2) is 0 Å². The summed E-state index contributed by atoms with van der Waals surface area (Å²) in [5.41, 5.74) is 16.3. The molecule has 1 N–H and O–H groups in total. The number of nitrogens with zero attached hydrogens (tertiary/aromatic N) is 2. The quantitative estimate of drug-likeness (QED) is 0.0406. The molecule has 0 spiro atoms. The number of aryl methyl sites for hydroxylation is 8. The van der Waals surface area contributed by atoms with Gasteiger partial charge in [-0.05, 0) is 381 Å². The summed E-state index contributed by atoms with van der Waals surface area (Å²) in [6.45, 7) is 36.3. The van der Waals surface area contributed by atoms with Crippen molar-refractivity contribution >= 4 is 79.4 Å². The molecule has 4 saturated carbocycles. The Morgan fingerprint density at radius 3 is 0.811 bits per heavy atom. The molecule has 15 rings (SSSR count). The molecule has 11 aromatic carbocycles. The van der Waals surface area contributed by atoms with E-state index in [1.807, 2.05) is 0 Å². The van der Waals surface area contributed by atoms with E-state index in [0.717, 1.165) is 53.2 Å². The van der Waals surface area contributed by atoms with Crippen LogP contribution in [0.4, 0.5) is 0 Å². The maximum Gasteiger partial charge on any atom is 0.124 e. The van der Waals surface area contributed by atoms with Gasteiger partial charge in [-0.25, -0.2) is 0 Å². The van der Waals surface area contributed by atoms with Gasteiger partial charge in [-0.15, -0.1) is 0 Å². The molecule has 0 bridgehead atoms. The number of ether oxygens (including phenoxy) is 4. The van der Waals surface area contributed by atoms with Gasteiger partial charge in [-0.1, -0.05) is 313 Å². The van der Waals surface area contributed by atoms with Crippen LogP contribution in [0.1, 0.15) is 238 Å². The minimum absolute atomic E-state index is 0. The van der Waals surface area contributed by atoms with Crippen molar-refractivity contribution < 1.29 is 58.2 Å². The monoisotopic (exact) mass is 1930 g/mol. The van der Waals surface area contributed by atoms with E-state index in [0.29, 0.717) is 51.7 Å². The number of benzene rings is 11. The van der Waals surface area contributed by atoms with Gasteiger partial charge in [0.2, 0.25) is 0 Å². The van der Waals surface area contributed by atoms with Crippen LogP contribution in [0.2, 0.25) is 0 Å². The summed E-state index contributed by atoms with van der Waals surface area (Å²) in [4.78, 5) is 4.89. The Labute approximate surface area is 825 Å². The second-order valence-electron chi connectivity index (χ2n) is 40.2. The Morgan fingerprint density at radius 1 is 0.311 bits per heavy atom. The Hall–Kier alpha value is -6.74. The van der Waals surface area contributed by atoms with Crippen molar-refractivity contribution in [2.24, 2.45) is 40.4 Å². The van der Waals surface area contributed by atoms with E-state index < -0.39 is 37.8 Å². The molecule has 4 aliphatic rings. The second kappa shape index (κ2) is 52.2. The number of methoxy groups -OCH3 is 4. The Kier molecular flexibility index (Phi) is 43.0. The summed E-state index contributed by atoms with van der Waals surface area (Å²) in [5.74, 6) is 7.10. The zero-order valence-electron chi connectivity index (χ0n) is 84.4. The zero-order chi connectivity index (χ0) is 93.5.